The summed E-state index contributed by atoms with van der Waals surface area (Å²) in [6, 6.07) is 6.42. The van der Waals surface area contributed by atoms with Crippen LogP contribution in [0.3, 0.4) is 0 Å². The SMILES string of the molecule is CCCCn1nc(C(=O)Nc2cc3c(cc2SC)OCCO3)ccc1=O. The summed E-state index contributed by atoms with van der Waals surface area (Å²) in [5, 5.41) is 7.04. The average Bonchev–Trinajstić information content (AvgIpc) is 2.66. The molecule has 7 nitrogen and oxygen atoms in total. The van der Waals surface area contributed by atoms with Crippen LogP contribution in [0.1, 0.15) is 30.3 Å². The van der Waals surface area contributed by atoms with E-state index in [2.05, 4.69) is 10.4 Å². The average molecular weight is 375 g/mol. The first-order valence-electron chi connectivity index (χ1n) is 8.49. The molecule has 1 aliphatic heterocycles. The Morgan fingerprint density at radius 3 is 2.69 bits per heavy atom. The van der Waals surface area contributed by atoms with Crippen molar-refractivity contribution in [1.29, 1.82) is 0 Å². The lowest BCUT2D eigenvalue weighted by molar-refractivity contribution is 0.101. The number of nitrogens with one attached hydrogen (secondary N) is 1. The summed E-state index contributed by atoms with van der Waals surface area (Å²) < 4.78 is 12.5. The van der Waals surface area contributed by atoms with E-state index in [0.29, 0.717) is 36.9 Å². The van der Waals surface area contributed by atoms with Gasteiger partial charge in [0.15, 0.2) is 11.5 Å². The molecule has 1 amide bonds. The van der Waals surface area contributed by atoms with Gasteiger partial charge in [-0.1, -0.05) is 13.3 Å². The van der Waals surface area contributed by atoms with Crippen LogP contribution >= 0.6 is 11.8 Å². The number of hydrogen-bond donors (Lipinski definition) is 1. The van der Waals surface area contributed by atoms with E-state index in [4.69, 9.17) is 9.47 Å². The first kappa shape index (κ1) is 18.3. The van der Waals surface area contributed by atoms with Gasteiger partial charge in [0.2, 0.25) is 0 Å². The van der Waals surface area contributed by atoms with Gasteiger partial charge in [-0.3, -0.25) is 9.59 Å². The zero-order chi connectivity index (χ0) is 18.5. The molecule has 1 aliphatic rings. The van der Waals surface area contributed by atoms with E-state index in [1.807, 2.05) is 19.2 Å². The van der Waals surface area contributed by atoms with Crippen LogP contribution in [0.15, 0.2) is 34.0 Å². The summed E-state index contributed by atoms with van der Waals surface area (Å²) in [5.41, 5.74) is 0.613. The molecule has 0 fully saturated rings. The molecule has 0 saturated heterocycles. The quantitative estimate of drug-likeness (QED) is 0.782. The molecule has 1 N–H and O–H groups in total. The maximum absolute atomic E-state index is 12.6. The van der Waals surface area contributed by atoms with Crippen LogP contribution in [0, 0.1) is 0 Å². The van der Waals surface area contributed by atoms with Crippen molar-refractivity contribution >= 4 is 23.4 Å². The standard InChI is InChI=1S/C18H21N3O4S/c1-3-4-7-21-17(22)6-5-12(20-21)18(23)19-13-10-14-15(11-16(13)26-2)25-9-8-24-14/h5-6,10-11H,3-4,7-9H2,1-2H3,(H,19,23). The number of benzene rings is 1. The summed E-state index contributed by atoms with van der Waals surface area (Å²) in [6.07, 6.45) is 3.69. The fourth-order valence-corrected chi connectivity index (χ4v) is 3.12. The van der Waals surface area contributed by atoms with Crippen LogP contribution in [0.2, 0.25) is 0 Å². The van der Waals surface area contributed by atoms with Crippen LogP contribution in [0.4, 0.5) is 5.69 Å². The van der Waals surface area contributed by atoms with Gasteiger partial charge in [0.05, 0.1) is 5.69 Å². The zero-order valence-corrected chi connectivity index (χ0v) is 15.6. The van der Waals surface area contributed by atoms with Crippen molar-refractivity contribution in [2.75, 3.05) is 24.8 Å². The van der Waals surface area contributed by atoms with Crippen molar-refractivity contribution in [3.05, 3.63) is 40.3 Å². The highest BCUT2D eigenvalue weighted by atomic mass is 32.2. The number of hydrogen-bond acceptors (Lipinski definition) is 6. The van der Waals surface area contributed by atoms with Gasteiger partial charge in [0, 0.05) is 23.6 Å². The molecule has 3 rings (SSSR count). The minimum absolute atomic E-state index is 0.197. The monoisotopic (exact) mass is 375 g/mol. The summed E-state index contributed by atoms with van der Waals surface area (Å²) in [5.74, 6) is 0.900. The molecule has 0 atom stereocenters. The van der Waals surface area contributed by atoms with Gasteiger partial charge >= 0.3 is 0 Å². The molecule has 26 heavy (non-hydrogen) atoms. The Kier molecular flexibility index (Phi) is 5.82. The molecule has 1 aromatic heterocycles. The minimum atomic E-state index is -0.373. The predicted molar refractivity (Wildman–Crippen MR) is 101 cm³/mol. The number of nitrogens with zero attached hydrogens (tertiary/aromatic N) is 2. The number of rotatable bonds is 6. The highest BCUT2D eigenvalue weighted by Crippen LogP contribution is 2.39. The second kappa shape index (κ2) is 8.27. The number of ether oxygens (including phenoxy) is 2. The number of anilines is 1. The highest BCUT2D eigenvalue weighted by Gasteiger charge is 2.18. The van der Waals surface area contributed by atoms with Crippen LogP contribution in [-0.2, 0) is 6.54 Å². The maximum Gasteiger partial charge on any atom is 0.276 e. The Morgan fingerprint density at radius 1 is 1.27 bits per heavy atom. The topological polar surface area (TPSA) is 82.5 Å². The third-order valence-electron chi connectivity index (χ3n) is 3.94. The molecule has 1 aromatic carbocycles. The Bertz CT molecular complexity index is 866. The summed E-state index contributed by atoms with van der Waals surface area (Å²) in [4.78, 5) is 25.3. The van der Waals surface area contributed by atoms with E-state index < -0.39 is 0 Å². The normalized spacial score (nSPS) is 12.7. The van der Waals surface area contributed by atoms with Gasteiger partial charge in [0.1, 0.15) is 18.9 Å². The van der Waals surface area contributed by atoms with Crippen LogP contribution in [0.5, 0.6) is 11.5 Å². The Hall–Kier alpha value is -2.48. The summed E-state index contributed by atoms with van der Waals surface area (Å²) >= 11 is 1.50. The molecule has 2 heterocycles. The zero-order valence-electron chi connectivity index (χ0n) is 14.8. The maximum atomic E-state index is 12.6. The van der Waals surface area contributed by atoms with E-state index in [0.717, 1.165) is 17.7 Å². The molecule has 8 heteroatoms. The number of carbonyl (C=O) groups is 1. The van der Waals surface area contributed by atoms with E-state index in [1.165, 1.54) is 28.6 Å². The lowest BCUT2D eigenvalue weighted by Crippen LogP contribution is -2.26. The second-order valence-corrected chi connectivity index (χ2v) is 6.63. The highest BCUT2D eigenvalue weighted by molar-refractivity contribution is 7.98. The number of unbranched alkanes of at least 4 members (excludes halogenated alkanes) is 1. The number of thioether (sulfide) groups is 1. The van der Waals surface area contributed by atoms with Gasteiger partial charge in [0.25, 0.3) is 11.5 Å². The van der Waals surface area contributed by atoms with E-state index in [-0.39, 0.29) is 17.2 Å². The number of aromatic nitrogens is 2. The Labute approximate surface area is 155 Å². The van der Waals surface area contributed by atoms with E-state index >= 15 is 0 Å². The largest absolute Gasteiger partial charge is 0.486 e. The third kappa shape index (κ3) is 4.01. The third-order valence-corrected chi connectivity index (χ3v) is 4.71. The Morgan fingerprint density at radius 2 is 2.00 bits per heavy atom. The molecule has 2 aromatic rings. The van der Waals surface area contributed by atoms with Crippen LogP contribution in [0.25, 0.3) is 0 Å². The van der Waals surface area contributed by atoms with Crippen molar-refractivity contribution in [3.63, 3.8) is 0 Å². The van der Waals surface area contributed by atoms with Crippen LogP contribution in [-0.4, -0.2) is 35.2 Å². The van der Waals surface area contributed by atoms with E-state index in [9.17, 15) is 9.59 Å². The molecular weight excluding hydrogens is 354 g/mol. The minimum Gasteiger partial charge on any atom is -0.486 e. The van der Waals surface area contributed by atoms with Gasteiger partial charge in [-0.2, -0.15) is 5.10 Å². The fourth-order valence-electron chi connectivity index (χ4n) is 2.56. The lowest BCUT2D eigenvalue weighted by atomic mass is 10.2. The van der Waals surface area contributed by atoms with Crippen molar-refractivity contribution in [1.82, 2.24) is 9.78 Å². The van der Waals surface area contributed by atoms with Gasteiger partial charge in [-0.25, -0.2) is 4.68 Å². The first-order valence-corrected chi connectivity index (χ1v) is 9.72. The first-order chi connectivity index (χ1) is 12.6. The molecule has 0 radical (unpaired) electrons. The lowest BCUT2D eigenvalue weighted by Gasteiger charge is -2.21. The molecular formula is C18H21N3O4S. The van der Waals surface area contributed by atoms with Crippen LogP contribution < -0.4 is 20.3 Å². The summed E-state index contributed by atoms with van der Waals surface area (Å²) in [7, 11) is 0. The molecule has 0 saturated carbocycles. The Balaban J connectivity index is 1.84. The number of aryl methyl sites for hydroxylation is 1. The van der Waals surface area contributed by atoms with Gasteiger partial charge in [-0.15, -0.1) is 11.8 Å². The molecule has 138 valence electrons. The second-order valence-electron chi connectivity index (χ2n) is 5.78. The van der Waals surface area contributed by atoms with Gasteiger partial charge < -0.3 is 14.8 Å². The number of amides is 1. The van der Waals surface area contributed by atoms with Gasteiger partial charge in [-0.05, 0) is 24.8 Å². The molecule has 0 unspecified atom stereocenters. The van der Waals surface area contributed by atoms with Crippen molar-refractivity contribution in [2.24, 2.45) is 0 Å². The molecule has 0 aliphatic carbocycles. The summed E-state index contributed by atoms with van der Waals surface area (Å²) in [6.45, 7) is 3.52. The van der Waals surface area contributed by atoms with Crippen molar-refractivity contribution in [2.45, 2.75) is 31.2 Å². The number of fused-ring (bicyclic) bond motifs is 1. The number of carbonyl (C=O) groups excluding carboxylic acids is 1. The molecule has 0 spiro atoms. The van der Waals surface area contributed by atoms with Crippen molar-refractivity contribution in [3.8, 4) is 11.5 Å². The molecule has 0 bridgehead atoms. The van der Waals surface area contributed by atoms with Crippen molar-refractivity contribution < 1.29 is 14.3 Å². The smallest absolute Gasteiger partial charge is 0.276 e. The van der Waals surface area contributed by atoms with E-state index in [1.54, 1.807) is 6.07 Å². The fraction of sp³-hybridized carbons (Fsp3) is 0.389. The predicted octanol–water partition coefficient (Wildman–Crippen LogP) is 2.79.